The van der Waals surface area contributed by atoms with E-state index in [4.69, 9.17) is 11.0 Å². The molecular formula is C12H16N2. The largest absolute Gasteiger partial charge is 0.399 e. The summed E-state index contributed by atoms with van der Waals surface area (Å²) in [5.74, 6) is 0. The van der Waals surface area contributed by atoms with Gasteiger partial charge in [0.2, 0.25) is 0 Å². The second-order valence-electron chi connectivity index (χ2n) is 3.28. The zero-order valence-electron chi connectivity index (χ0n) is 8.80. The molecule has 0 radical (unpaired) electrons. The Labute approximate surface area is 85.7 Å². The molecule has 0 aliphatic rings. The maximum atomic E-state index is 8.52. The van der Waals surface area contributed by atoms with Gasteiger partial charge in [0.15, 0.2) is 0 Å². The number of nitriles is 1. The first-order chi connectivity index (χ1) is 6.47. The fourth-order valence-electron chi connectivity index (χ4n) is 0.814. The van der Waals surface area contributed by atoms with Crippen molar-refractivity contribution in [3.8, 4) is 6.07 Å². The molecule has 0 unspecified atom stereocenters. The van der Waals surface area contributed by atoms with Gasteiger partial charge in [-0.25, -0.2) is 0 Å². The van der Waals surface area contributed by atoms with Crippen molar-refractivity contribution >= 4 is 0 Å². The molecule has 0 rings (SSSR count). The molecule has 2 nitrogen and oxygen atoms in total. The quantitative estimate of drug-likeness (QED) is 0.544. The van der Waals surface area contributed by atoms with Crippen LogP contribution in [0.2, 0.25) is 0 Å². The van der Waals surface area contributed by atoms with Crippen LogP contribution in [0.15, 0.2) is 47.7 Å². The third-order valence-corrected chi connectivity index (χ3v) is 1.74. The van der Waals surface area contributed by atoms with Gasteiger partial charge in [-0.3, -0.25) is 0 Å². The van der Waals surface area contributed by atoms with E-state index in [2.05, 4.69) is 13.2 Å². The molecule has 2 N–H and O–H groups in total. The Kier molecular flexibility index (Phi) is 5.09. The molecule has 0 spiro atoms. The standard InChI is InChI=1S/C12H16N2/c1-9(5-6-10(2)8-13)7-11(3)12(4)14/h5-6H,3-4,7,14H2,1-2H3/b9-5+,10-6+. The lowest BCUT2D eigenvalue weighted by atomic mass is 10.1. The van der Waals surface area contributed by atoms with Crippen LogP contribution >= 0.6 is 0 Å². The van der Waals surface area contributed by atoms with Gasteiger partial charge in [0.1, 0.15) is 0 Å². The number of hydrogen-bond acceptors (Lipinski definition) is 2. The third kappa shape index (κ3) is 5.00. The molecule has 0 atom stereocenters. The maximum absolute atomic E-state index is 8.52. The van der Waals surface area contributed by atoms with E-state index in [0.29, 0.717) is 17.7 Å². The van der Waals surface area contributed by atoms with Crippen LogP contribution in [0.1, 0.15) is 20.3 Å². The highest BCUT2D eigenvalue weighted by Crippen LogP contribution is 2.12. The predicted octanol–water partition coefficient (Wildman–Crippen LogP) is 2.82. The van der Waals surface area contributed by atoms with Crippen molar-refractivity contribution in [1.82, 2.24) is 0 Å². The lowest BCUT2D eigenvalue weighted by Gasteiger charge is -2.03. The Morgan fingerprint density at radius 2 is 1.93 bits per heavy atom. The lowest BCUT2D eigenvalue weighted by molar-refractivity contribution is 1.11. The molecule has 0 aromatic carbocycles. The highest BCUT2D eigenvalue weighted by Gasteiger charge is 1.96. The summed E-state index contributed by atoms with van der Waals surface area (Å²) in [6.07, 6.45) is 4.37. The summed E-state index contributed by atoms with van der Waals surface area (Å²) in [6, 6.07) is 2.05. The monoisotopic (exact) mass is 188 g/mol. The second-order valence-corrected chi connectivity index (χ2v) is 3.28. The first-order valence-electron chi connectivity index (χ1n) is 4.34. The highest BCUT2D eigenvalue weighted by atomic mass is 14.6. The van der Waals surface area contributed by atoms with Crippen LogP contribution in [0.5, 0.6) is 0 Å². The first-order valence-corrected chi connectivity index (χ1v) is 4.34. The summed E-state index contributed by atoms with van der Waals surface area (Å²) < 4.78 is 0. The third-order valence-electron chi connectivity index (χ3n) is 1.74. The van der Waals surface area contributed by atoms with Gasteiger partial charge >= 0.3 is 0 Å². The van der Waals surface area contributed by atoms with E-state index in [1.807, 2.05) is 19.1 Å². The molecule has 14 heavy (non-hydrogen) atoms. The van der Waals surface area contributed by atoms with Gasteiger partial charge in [-0.15, -0.1) is 0 Å². The van der Waals surface area contributed by atoms with Gasteiger partial charge in [-0.1, -0.05) is 24.8 Å². The van der Waals surface area contributed by atoms with E-state index in [1.165, 1.54) is 0 Å². The van der Waals surface area contributed by atoms with E-state index < -0.39 is 0 Å². The Hall–Kier alpha value is -1.75. The minimum atomic E-state index is 0.513. The summed E-state index contributed by atoms with van der Waals surface area (Å²) in [6.45, 7) is 11.1. The SMILES string of the molecule is C=C(N)C(=C)C/C(C)=C/C=C(\C)C#N. The van der Waals surface area contributed by atoms with Crippen molar-refractivity contribution in [2.45, 2.75) is 20.3 Å². The summed E-state index contributed by atoms with van der Waals surface area (Å²) in [5.41, 5.74) is 8.60. The number of rotatable bonds is 4. The van der Waals surface area contributed by atoms with Crippen molar-refractivity contribution in [2.24, 2.45) is 5.73 Å². The fraction of sp³-hybridized carbons (Fsp3) is 0.250. The van der Waals surface area contributed by atoms with Crippen LogP contribution in [-0.2, 0) is 0 Å². The van der Waals surface area contributed by atoms with Gasteiger partial charge in [0, 0.05) is 11.3 Å². The van der Waals surface area contributed by atoms with Crippen molar-refractivity contribution in [3.05, 3.63) is 47.7 Å². The number of hydrogen-bond donors (Lipinski definition) is 1. The molecule has 0 aromatic rings. The summed E-state index contributed by atoms with van der Waals surface area (Å²) >= 11 is 0. The Morgan fingerprint density at radius 1 is 1.36 bits per heavy atom. The van der Waals surface area contributed by atoms with E-state index in [0.717, 1.165) is 11.1 Å². The smallest absolute Gasteiger partial charge is 0.0944 e. The summed E-state index contributed by atoms with van der Waals surface area (Å²) in [7, 11) is 0. The van der Waals surface area contributed by atoms with E-state index in [9.17, 15) is 0 Å². The summed E-state index contributed by atoms with van der Waals surface area (Å²) in [5, 5.41) is 8.52. The Balaban J connectivity index is 4.37. The second kappa shape index (κ2) is 5.82. The van der Waals surface area contributed by atoms with Crippen LogP contribution in [0.3, 0.4) is 0 Å². The topological polar surface area (TPSA) is 49.8 Å². The normalized spacial score (nSPS) is 12.1. The number of allylic oxidation sites excluding steroid dienone is 5. The predicted molar refractivity (Wildman–Crippen MR) is 60.2 cm³/mol. The van der Waals surface area contributed by atoms with E-state index in [-0.39, 0.29) is 0 Å². The van der Waals surface area contributed by atoms with Crippen LogP contribution in [0, 0.1) is 11.3 Å². The molecule has 0 amide bonds. The van der Waals surface area contributed by atoms with Gasteiger partial charge in [-0.2, -0.15) is 5.26 Å². The summed E-state index contributed by atoms with van der Waals surface area (Å²) in [4.78, 5) is 0. The molecule has 0 saturated carbocycles. The maximum Gasteiger partial charge on any atom is 0.0944 e. The molecule has 0 saturated heterocycles. The number of nitrogens with zero attached hydrogens (tertiary/aromatic N) is 1. The van der Waals surface area contributed by atoms with Gasteiger partial charge in [0.05, 0.1) is 6.07 Å². The molecule has 0 bridgehead atoms. The zero-order valence-corrected chi connectivity index (χ0v) is 8.80. The van der Waals surface area contributed by atoms with Crippen LogP contribution in [0.25, 0.3) is 0 Å². The molecule has 74 valence electrons. The molecular weight excluding hydrogens is 172 g/mol. The van der Waals surface area contributed by atoms with Crippen LogP contribution in [-0.4, -0.2) is 0 Å². The minimum Gasteiger partial charge on any atom is -0.399 e. The van der Waals surface area contributed by atoms with Crippen molar-refractivity contribution < 1.29 is 0 Å². The van der Waals surface area contributed by atoms with Crippen molar-refractivity contribution in [2.75, 3.05) is 0 Å². The lowest BCUT2D eigenvalue weighted by Crippen LogP contribution is -1.98. The molecule has 0 aliphatic carbocycles. The zero-order chi connectivity index (χ0) is 11.1. The molecule has 0 aromatic heterocycles. The van der Waals surface area contributed by atoms with Crippen LogP contribution < -0.4 is 5.73 Å². The van der Waals surface area contributed by atoms with E-state index >= 15 is 0 Å². The molecule has 0 heterocycles. The highest BCUT2D eigenvalue weighted by molar-refractivity contribution is 5.30. The molecule has 2 heteroatoms. The van der Waals surface area contributed by atoms with Crippen molar-refractivity contribution in [1.29, 1.82) is 5.26 Å². The minimum absolute atomic E-state index is 0.513. The average Bonchev–Trinajstić information content (AvgIpc) is 2.13. The fourth-order valence-corrected chi connectivity index (χ4v) is 0.814. The molecule has 0 fully saturated rings. The van der Waals surface area contributed by atoms with E-state index in [1.54, 1.807) is 13.0 Å². The average molecular weight is 188 g/mol. The number of nitrogens with two attached hydrogens (primary N) is 1. The van der Waals surface area contributed by atoms with Gasteiger partial charge in [-0.05, 0) is 31.9 Å². The van der Waals surface area contributed by atoms with Crippen molar-refractivity contribution in [3.63, 3.8) is 0 Å². The Morgan fingerprint density at radius 3 is 2.36 bits per heavy atom. The first kappa shape index (κ1) is 12.2. The van der Waals surface area contributed by atoms with Gasteiger partial charge in [0.25, 0.3) is 0 Å². The molecule has 0 aliphatic heterocycles. The Bertz CT molecular complexity index is 338. The van der Waals surface area contributed by atoms with Crippen LogP contribution in [0.4, 0.5) is 0 Å². The van der Waals surface area contributed by atoms with Gasteiger partial charge < -0.3 is 5.73 Å².